The fourth-order valence-corrected chi connectivity index (χ4v) is 4.01. The number of unbranched alkanes of at least 4 members (excludes halogenated alkanes) is 1. The van der Waals surface area contributed by atoms with E-state index in [1.54, 1.807) is 25.3 Å². The topological polar surface area (TPSA) is 117 Å². The Morgan fingerprint density at radius 3 is 2.57 bits per heavy atom. The molecule has 0 radical (unpaired) electrons. The Balaban J connectivity index is 1.83. The lowest BCUT2D eigenvalue weighted by atomic mass is 10.2. The van der Waals surface area contributed by atoms with E-state index in [0.717, 1.165) is 12.8 Å². The summed E-state index contributed by atoms with van der Waals surface area (Å²) in [6.07, 6.45) is 2.03. The summed E-state index contributed by atoms with van der Waals surface area (Å²) in [4.78, 5) is 44.8. The van der Waals surface area contributed by atoms with Crippen LogP contribution < -0.4 is 20.7 Å². The molecule has 0 aliphatic heterocycles. The highest BCUT2D eigenvalue weighted by Gasteiger charge is 2.20. The Labute approximate surface area is 203 Å². The zero-order valence-corrected chi connectivity index (χ0v) is 21.1. The van der Waals surface area contributed by atoms with Gasteiger partial charge in [-0.25, -0.2) is 9.78 Å². The number of fused-ring (bicyclic) bond motifs is 1. The van der Waals surface area contributed by atoms with Crippen molar-refractivity contribution in [2.45, 2.75) is 66.2 Å². The van der Waals surface area contributed by atoms with Crippen molar-refractivity contribution in [1.82, 2.24) is 19.1 Å². The summed E-state index contributed by atoms with van der Waals surface area (Å²) in [5.41, 5.74) is 0.475. The Bertz CT molecular complexity index is 1290. The minimum atomic E-state index is -0.469. The van der Waals surface area contributed by atoms with Gasteiger partial charge in [-0.15, -0.1) is 0 Å². The Kier molecular flexibility index (Phi) is 8.73. The number of nitrogens with one attached hydrogen (secondary N) is 1. The number of para-hydroxylation sites is 1. The van der Waals surface area contributed by atoms with Crippen LogP contribution in [0.3, 0.4) is 0 Å². The van der Waals surface area contributed by atoms with Gasteiger partial charge in [-0.2, -0.15) is 0 Å². The third kappa shape index (κ3) is 5.93. The molecular formula is C25H34N4O6. The lowest BCUT2D eigenvalue weighted by Gasteiger charge is -2.13. The van der Waals surface area contributed by atoms with E-state index >= 15 is 0 Å². The van der Waals surface area contributed by atoms with Crippen LogP contribution in [0.2, 0.25) is 0 Å². The van der Waals surface area contributed by atoms with Gasteiger partial charge < -0.3 is 18.8 Å². The maximum Gasteiger partial charge on any atom is 0.330 e. The molecule has 3 rings (SSSR count). The highest BCUT2D eigenvalue weighted by Crippen LogP contribution is 2.31. The van der Waals surface area contributed by atoms with Crippen LogP contribution in [0.1, 0.15) is 51.4 Å². The van der Waals surface area contributed by atoms with Crippen LogP contribution in [-0.2, 0) is 35.6 Å². The predicted octanol–water partition coefficient (Wildman–Crippen LogP) is 3.04. The van der Waals surface area contributed by atoms with E-state index in [9.17, 15) is 14.4 Å². The van der Waals surface area contributed by atoms with Crippen LogP contribution in [0.15, 0.2) is 27.8 Å². The monoisotopic (exact) mass is 486 g/mol. The molecule has 3 aromatic rings. The molecule has 190 valence electrons. The molecule has 1 N–H and O–H groups in total. The second-order valence-corrected chi connectivity index (χ2v) is 8.78. The number of carbonyl (C=O) groups is 1. The second-order valence-electron chi connectivity index (χ2n) is 8.78. The average Bonchev–Trinajstić information content (AvgIpc) is 3.18. The number of imidazole rings is 1. The molecule has 1 aromatic carbocycles. The molecule has 35 heavy (non-hydrogen) atoms. The van der Waals surface area contributed by atoms with Crippen LogP contribution >= 0.6 is 0 Å². The molecule has 0 unspecified atom stereocenters. The van der Waals surface area contributed by atoms with Crippen molar-refractivity contribution in [3.8, 4) is 11.5 Å². The first-order chi connectivity index (χ1) is 16.8. The van der Waals surface area contributed by atoms with Gasteiger partial charge in [-0.3, -0.25) is 19.1 Å². The van der Waals surface area contributed by atoms with Crippen molar-refractivity contribution < 1.29 is 19.0 Å². The first-order valence-corrected chi connectivity index (χ1v) is 11.9. The number of aromatic nitrogens is 4. The van der Waals surface area contributed by atoms with Gasteiger partial charge in [0.05, 0.1) is 20.6 Å². The van der Waals surface area contributed by atoms with E-state index in [1.807, 2.05) is 25.3 Å². The van der Waals surface area contributed by atoms with Gasteiger partial charge in [-0.05, 0) is 18.4 Å². The van der Waals surface area contributed by atoms with Gasteiger partial charge in [0.15, 0.2) is 22.7 Å². The predicted molar refractivity (Wildman–Crippen MR) is 132 cm³/mol. The lowest BCUT2D eigenvalue weighted by molar-refractivity contribution is -0.145. The molecule has 0 amide bonds. The van der Waals surface area contributed by atoms with Crippen LogP contribution in [0, 0.1) is 5.92 Å². The van der Waals surface area contributed by atoms with Crippen molar-refractivity contribution in [2.24, 2.45) is 5.92 Å². The molecular weight excluding hydrogens is 452 g/mol. The minimum Gasteiger partial charge on any atom is -0.493 e. The van der Waals surface area contributed by atoms with Crippen molar-refractivity contribution in [3.63, 3.8) is 0 Å². The van der Waals surface area contributed by atoms with Gasteiger partial charge in [-0.1, -0.05) is 39.3 Å². The molecule has 10 nitrogen and oxygen atoms in total. The van der Waals surface area contributed by atoms with E-state index in [4.69, 9.17) is 14.2 Å². The molecule has 10 heteroatoms. The molecule has 0 spiro atoms. The van der Waals surface area contributed by atoms with E-state index in [-0.39, 0.29) is 25.4 Å². The SMILES string of the molecule is CCCCn1c(=O)[nH]c(=O)c2c1nc(CCC(=O)OCc1cccc(OC)c1OC)n2CC(C)C. The fourth-order valence-electron chi connectivity index (χ4n) is 4.01. The summed E-state index contributed by atoms with van der Waals surface area (Å²) < 4.78 is 19.5. The standard InChI is InChI=1S/C25H34N4O6/c1-6-7-13-28-23-21(24(31)27-25(28)32)29(14-16(2)3)19(26-23)11-12-20(30)35-15-17-9-8-10-18(33-4)22(17)34-5/h8-10,16H,6-7,11-15H2,1-5H3,(H,27,31,32). The summed E-state index contributed by atoms with van der Waals surface area (Å²) in [6, 6.07) is 5.37. The van der Waals surface area contributed by atoms with Gasteiger partial charge in [0.25, 0.3) is 5.56 Å². The number of carbonyl (C=O) groups excluding carboxylic acids is 1. The number of benzene rings is 1. The zero-order chi connectivity index (χ0) is 25.5. The van der Waals surface area contributed by atoms with Crippen LogP contribution in [0.5, 0.6) is 11.5 Å². The van der Waals surface area contributed by atoms with Gasteiger partial charge >= 0.3 is 11.7 Å². The van der Waals surface area contributed by atoms with Crippen LogP contribution in [0.25, 0.3) is 11.2 Å². The normalized spacial score (nSPS) is 11.3. The van der Waals surface area contributed by atoms with Crippen LogP contribution in [-0.4, -0.2) is 39.3 Å². The molecule has 0 saturated heterocycles. The quantitative estimate of drug-likeness (QED) is 0.391. The van der Waals surface area contributed by atoms with Gasteiger partial charge in [0, 0.05) is 25.1 Å². The highest BCUT2D eigenvalue weighted by molar-refractivity contribution is 5.72. The molecule has 2 aromatic heterocycles. The number of aromatic amines is 1. The maximum atomic E-state index is 12.7. The summed E-state index contributed by atoms with van der Waals surface area (Å²) in [5, 5.41) is 0. The number of esters is 1. The van der Waals surface area contributed by atoms with Crippen molar-refractivity contribution >= 4 is 17.1 Å². The number of nitrogens with zero attached hydrogens (tertiary/aromatic N) is 3. The molecule has 0 saturated carbocycles. The number of rotatable bonds is 12. The number of hydrogen-bond donors (Lipinski definition) is 1. The molecule has 0 aliphatic carbocycles. The largest absolute Gasteiger partial charge is 0.493 e. The van der Waals surface area contributed by atoms with E-state index in [2.05, 4.69) is 9.97 Å². The first-order valence-electron chi connectivity index (χ1n) is 11.9. The smallest absolute Gasteiger partial charge is 0.330 e. The van der Waals surface area contributed by atoms with Crippen molar-refractivity contribution in [1.29, 1.82) is 0 Å². The first kappa shape index (κ1) is 26.1. The number of hydrogen-bond acceptors (Lipinski definition) is 7. The maximum absolute atomic E-state index is 12.7. The van der Waals surface area contributed by atoms with Crippen LogP contribution in [0.4, 0.5) is 0 Å². The van der Waals surface area contributed by atoms with Crippen molar-refractivity contribution in [3.05, 3.63) is 50.4 Å². The van der Waals surface area contributed by atoms with E-state index in [1.165, 1.54) is 11.7 Å². The Morgan fingerprint density at radius 1 is 1.14 bits per heavy atom. The van der Waals surface area contributed by atoms with Gasteiger partial charge in [0.1, 0.15) is 12.4 Å². The number of ether oxygens (including phenoxy) is 3. The molecule has 0 aliphatic rings. The second kappa shape index (κ2) is 11.7. The Morgan fingerprint density at radius 2 is 1.91 bits per heavy atom. The molecule has 0 fully saturated rings. The number of aryl methyl sites for hydroxylation is 2. The molecule has 0 bridgehead atoms. The summed E-state index contributed by atoms with van der Waals surface area (Å²) in [7, 11) is 3.08. The molecule has 2 heterocycles. The fraction of sp³-hybridized carbons (Fsp3) is 0.520. The van der Waals surface area contributed by atoms with Crippen molar-refractivity contribution in [2.75, 3.05) is 14.2 Å². The van der Waals surface area contributed by atoms with Gasteiger partial charge in [0.2, 0.25) is 0 Å². The number of methoxy groups -OCH3 is 2. The average molecular weight is 487 g/mol. The minimum absolute atomic E-state index is 0.0395. The summed E-state index contributed by atoms with van der Waals surface area (Å²) in [6.45, 7) is 7.14. The third-order valence-electron chi connectivity index (χ3n) is 5.67. The highest BCUT2D eigenvalue weighted by atomic mass is 16.5. The summed E-state index contributed by atoms with van der Waals surface area (Å²) >= 11 is 0. The Hall–Kier alpha value is -3.56. The summed E-state index contributed by atoms with van der Waals surface area (Å²) in [5.74, 6) is 1.48. The number of H-pyrrole nitrogens is 1. The third-order valence-corrected chi connectivity index (χ3v) is 5.67. The zero-order valence-electron chi connectivity index (χ0n) is 21.1. The lowest BCUT2D eigenvalue weighted by Crippen LogP contribution is -2.31. The van der Waals surface area contributed by atoms with E-state index in [0.29, 0.717) is 47.1 Å². The van der Waals surface area contributed by atoms with E-state index < -0.39 is 17.2 Å². The molecule has 0 atom stereocenters.